The highest BCUT2D eigenvalue weighted by Gasteiger charge is 2.15. The number of thiophene rings is 1. The molecule has 5 heteroatoms. The highest BCUT2D eigenvalue weighted by molar-refractivity contribution is 9.10. The highest BCUT2D eigenvalue weighted by atomic mass is 79.9. The minimum absolute atomic E-state index is 0.319. The number of halogens is 1. The van der Waals surface area contributed by atoms with Crippen LogP contribution in [0.15, 0.2) is 15.9 Å². The van der Waals surface area contributed by atoms with Crippen molar-refractivity contribution in [3.8, 4) is 0 Å². The molecule has 1 aromatic heterocycles. The first-order chi connectivity index (χ1) is 9.38. The van der Waals surface area contributed by atoms with Crippen LogP contribution in [0.5, 0.6) is 0 Å². The van der Waals surface area contributed by atoms with Gasteiger partial charge < -0.3 is 10.1 Å². The molecule has 0 fully saturated rings. The molecular formula is C15H24BrNO2S. The average molecular weight is 362 g/mol. The maximum Gasteiger partial charge on any atom is 0.407 e. The molecule has 0 aliphatic carbocycles. The van der Waals surface area contributed by atoms with E-state index in [0.717, 1.165) is 19.3 Å². The van der Waals surface area contributed by atoms with E-state index in [-0.39, 0.29) is 6.09 Å². The Morgan fingerprint density at radius 3 is 2.60 bits per heavy atom. The van der Waals surface area contributed by atoms with Crippen molar-refractivity contribution < 1.29 is 9.53 Å². The lowest BCUT2D eigenvalue weighted by Crippen LogP contribution is -2.32. The molecule has 0 radical (unpaired) electrons. The molecule has 3 nitrogen and oxygen atoms in total. The molecule has 0 aliphatic heterocycles. The van der Waals surface area contributed by atoms with Crippen molar-refractivity contribution >= 4 is 33.4 Å². The van der Waals surface area contributed by atoms with Crippen molar-refractivity contribution in [1.29, 1.82) is 0 Å². The first kappa shape index (κ1) is 17.5. The Kier molecular flexibility index (Phi) is 7.59. The Bertz CT molecular complexity index is 412. The predicted molar refractivity (Wildman–Crippen MR) is 88.4 cm³/mol. The maximum atomic E-state index is 11.4. The minimum atomic E-state index is -0.418. The molecule has 0 aliphatic rings. The summed E-state index contributed by atoms with van der Waals surface area (Å²) < 4.78 is 6.40. The van der Waals surface area contributed by atoms with Crippen LogP contribution in [-0.4, -0.2) is 18.2 Å². The lowest BCUT2D eigenvalue weighted by Gasteiger charge is -2.19. The van der Waals surface area contributed by atoms with Gasteiger partial charge in [-0.3, -0.25) is 0 Å². The second-order valence-corrected chi connectivity index (χ2v) is 7.64. The van der Waals surface area contributed by atoms with Gasteiger partial charge in [-0.2, -0.15) is 0 Å². The highest BCUT2D eigenvalue weighted by Crippen LogP contribution is 2.24. The molecule has 114 valence electrons. The van der Waals surface area contributed by atoms with E-state index in [9.17, 15) is 4.79 Å². The first-order valence-corrected chi connectivity index (χ1v) is 8.74. The molecule has 1 rings (SSSR count). The summed E-state index contributed by atoms with van der Waals surface area (Å²) in [4.78, 5) is 12.8. The lowest BCUT2D eigenvalue weighted by molar-refractivity contribution is 0.0527. The van der Waals surface area contributed by atoms with Crippen molar-refractivity contribution in [1.82, 2.24) is 5.32 Å². The van der Waals surface area contributed by atoms with E-state index in [4.69, 9.17) is 4.74 Å². The molecule has 0 saturated carbocycles. The van der Waals surface area contributed by atoms with E-state index < -0.39 is 5.60 Å². The molecular weight excluding hydrogens is 338 g/mol. The Labute approximate surface area is 134 Å². The van der Waals surface area contributed by atoms with Crippen LogP contribution in [0.2, 0.25) is 0 Å². The summed E-state index contributed by atoms with van der Waals surface area (Å²) in [5.74, 6) is 0. The fourth-order valence-electron chi connectivity index (χ4n) is 1.77. The van der Waals surface area contributed by atoms with Crippen LogP contribution in [0.1, 0.15) is 51.3 Å². The zero-order chi connectivity index (χ0) is 15.0. The zero-order valence-electron chi connectivity index (χ0n) is 12.5. The van der Waals surface area contributed by atoms with Gasteiger partial charge in [0.25, 0.3) is 0 Å². The molecule has 0 aromatic carbocycles. The molecule has 0 unspecified atom stereocenters. The van der Waals surface area contributed by atoms with E-state index >= 15 is 0 Å². The first-order valence-electron chi connectivity index (χ1n) is 7.07. The van der Waals surface area contributed by atoms with Gasteiger partial charge in [0.1, 0.15) is 5.60 Å². The third-order valence-electron chi connectivity index (χ3n) is 2.69. The summed E-state index contributed by atoms with van der Waals surface area (Å²) in [6.45, 7) is 6.30. The van der Waals surface area contributed by atoms with Gasteiger partial charge in [-0.1, -0.05) is 12.8 Å². The Morgan fingerprint density at radius 2 is 2.00 bits per heavy atom. The van der Waals surface area contributed by atoms with Gasteiger partial charge in [-0.25, -0.2) is 4.79 Å². The van der Waals surface area contributed by atoms with E-state index in [1.54, 1.807) is 11.3 Å². The Hall–Kier alpha value is -0.550. The van der Waals surface area contributed by atoms with E-state index in [0.29, 0.717) is 6.54 Å². The fraction of sp³-hybridized carbons (Fsp3) is 0.667. The summed E-state index contributed by atoms with van der Waals surface area (Å²) in [7, 11) is 0. The van der Waals surface area contributed by atoms with Crippen molar-refractivity contribution in [3.63, 3.8) is 0 Å². The third kappa shape index (κ3) is 7.90. The number of unbranched alkanes of at least 4 members (excludes halogenated alkanes) is 3. The van der Waals surface area contributed by atoms with E-state index in [1.807, 2.05) is 20.8 Å². The van der Waals surface area contributed by atoms with Crippen LogP contribution < -0.4 is 5.32 Å². The molecule has 0 atom stereocenters. The number of carbonyl (C=O) groups excluding carboxylic acids is 1. The van der Waals surface area contributed by atoms with Crippen molar-refractivity contribution in [2.24, 2.45) is 0 Å². The monoisotopic (exact) mass is 361 g/mol. The molecule has 0 bridgehead atoms. The van der Waals surface area contributed by atoms with Crippen LogP contribution in [0.4, 0.5) is 4.79 Å². The largest absolute Gasteiger partial charge is 0.444 e. The number of ether oxygens (including phenoxy) is 1. The summed E-state index contributed by atoms with van der Waals surface area (Å²) in [5, 5.41) is 4.90. The van der Waals surface area contributed by atoms with Gasteiger partial charge >= 0.3 is 6.09 Å². The minimum Gasteiger partial charge on any atom is -0.444 e. The molecule has 1 aromatic rings. The van der Waals surface area contributed by atoms with E-state index in [1.165, 1.54) is 22.2 Å². The summed E-state index contributed by atoms with van der Waals surface area (Å²) in [5.41, 5.74) is -0.418. The summed E-state index contributed by atoms with van der Waals surface area (Å²) in [6.07, 6.45) is 5.35. The average Bonchev–Trinajstić information content (AvgIpc) is 2.71. The summed E-state index contributed by atoms with van der Waals surface area (Å²) in [6, 6.07) is 2.10. The molecule has 20 heavy (non-hydrogen) atoms. The van der Waals surface area contributed by atoms with Gasteiger partial charge in [0.15, 0.2) is 0 Å². The molecule has 0 spiro atoms. The number of nitrogens with one attached hydrogen (secondary N) is 1. The molecule has 1 heterocycles. The molecule has 1 N–H and O–H groups in total. The molecule has 0 saturated heterocycles. The lowest BCUT2D eigenvalue weighted by atomic mass is 10.1. The topological polar surface area (TPSA) is 38.3 Å². The predicted octanol–water partition coefficient (Wildman–Crippen LogP) is 5.14. The van der Waals surface area contributed by atoms with Crippen LogP contribution in [0.3, 0.4) is 0 Å². The second-order valence-electron chi connectivity index (χ2n) is 5.78. The zero-order valence-corrected chi connectivity index (χ0v) is 14.9. The normalized spacial score (nSPS) is 11.4. The van der Waals surface area contributed by atoms with Crippen molar-refractivity contribution in [3.05, 3.63) is 20.8 Å². The number of hydrogen-bond acceptors (Lipinski definition) is 3. The fourth-order valence-corrected chi connectivity index (χ4v) is 3.37. The standard InChI is InChI=1S/C15H24BrNO2S/c1-15(2,3)19-14(18)17-10-7-5-4-6-8-13-12(16)9-11-20-13/h9,11H,4-8,10H2,1-3H3,(H,17,18). The number of rotatable bonds is 7. The number of aryl methyl sites for hydroxylation is 1. The van der Waals surface area contributed by atoms with Crippen LogP contribution >= 0.6 is 27.3 Å². The van der Waals surface area contributed by atoms with E-state index in [2.05, 4.69) is 32.7 Å². The maximum absolute atomic E-state index is 11.4. The smallest absolute Gasteiger partial charge is 0.407 e. The number of carbonyl (C=O) groups is 1. The Balaban J connectivity index is 1.98. The van der Waals surface area contributed by atoms with Gasteiger partial charge in [-0.15, -0.1) is 11.3 Å². The summed E-state index contributed by atoms with van der Waals surface area (Å²) >= 11 is 5.36. The van der Waals surface area contributed by atoms with Crippen LogP contribution in [0.25, 0.3) is 0 Å². The van der Waals surface area contributed by atoms with Gasteiger partial charge in [0, 0.05) is 15.9 Å². The second kappa shape index (κ2) is 8.67. The van der Waals surface area contributed by atoms with Crippen molar-refractivity contribution in [2.45, 2.75) is 58.5 Å². The quantitative estimate of drug-likeness (QED) is 0.682. The van der Waals surface area contributed by atoms with Crippen LogP contribution in [0, 0.1) is 0 Å². The third-order valence-corrected chi connectivity index (χ3v) is 4.68. The van der Waals surface area contributed by atoms with Crippen molar-refractivity contribution in [2.75, 3.05) is 6.54 Å². The Morgan fingerprint density at radius 1 is 1.30 bits per heavy atom. The number of alkyl carbamates (subject to hydrolysis) is 1. The van der Waals surface area contributed by atoms with Gasteiger partial charge in [0.05, 0.1) is 0 Å². The van der Waals surface area contributed by atoms with Gasteiger partial charge in [0.2, 0.25) is 0 Å². The van der Waals surface area contributed by atoms with Crippen LogP contribution in [-0.2, 0) is 11.2 Å². The molecule has 1 amide bonds. The SMILES string of the molecule is CC(C)(C)OC(=O)NCCCCCCc1sccc1Br. The number of hydrogen-bond donors (Lipinski definition) is 1. The number of amides is 1. The van der Waals surface area contributed by atoms with Gasteiger partial charge in [-0.05, 0) is 67.4 Å².